The van der Waals surface area contributed by atoms with Crippen LogP contribution in [0.15, 0.2) is 47.4 Å². The lowest BCUT2D eigenvalue weighted by Gasteiger charge is -2.23. The first-order chi connectivity index (χ1) is 15.8. The third-order valence-corrected chi connectivity index (χ3v) is 6.90. The van der Waals surface area contributed by atoms with Crippen molar-refractivity contribution in [2.75, 3.05) is 6.16 Å². The van der Waals surface area contributed by atoms with Crippen LogP contribution in [-0.2, 0) is 22.1 Å². The van der Waals surface area contributed by atoms with Crippen LogP contribution in [0.2, 0.25) is 5.02 Å². The molecule has 10 heteroatoms. The number of rotatable bonds is 8. The first kappa shape index (κ1) is 26.1. The van der Waals surface area contributed by atoms with E-state index >= 15 is 0 Å². The van der Waals surface area contributed by atoms with E-state index < -0.39 is 30.4 Å². The number of carbonyl (C=O) groups is 1. The Kier molecular flexibility index (Phi) is 7.98. The van der Waals surface area contributed by atoms with Crippen LogP contribution in [0, 0.1) is 5.82 Å². The maximum absolute atomic E-state index is 14.6. The van der Waals surface area contributed by atoms with Crippen LogP contribution < -0.4 is 10.7 Å². The number of aromatic nitrogens is 1. The molecule has 34 heavy (non-hydrogen) atoms. The quantitative estimate of drug-likeness (QED) is 0.363. The SMILES string of the molecule is CC(C)(C)OP(=O)(O)CCCc1cc(F)c2[nH]cc(C(=O)NCc3ccc(Cl)cc3)c(=O)c2c1. The van der Waals surface area contributed by atoms with Gasteiger partial charge in [-0.2, -0.15) is 0 Å². The maximum Gasteiger partial charge on any atom is 0.328 e. The summed E-state index contributed by atoms with van der Waals surface area (Å²) < 4.78 is 32.1. The predicted octanol–water partition coefficient (Wildman–Crippen LogP) is 5.18. The van der Waals surface area contributed by atoms with E-state index in [2.05, 4.69) is 10.3 Å². The van der Waals surface area contributed by atoms with Crippen molar-refractivity contribution in [2.24, 2.45) is 0 Å². The van der Waals surface area contributed by atoms with E-state index in [4.69, 9.17) is 16.1 Å². The highest BCUT2D eigenvalue weighted by molar-refractivity contribution is 7.52. The maximum atomic E-state index is 14.6. The molecule has 0 fully saturated rings. The molecule has 1 atom stereocenters. The highest BCUT2D eigenvalue weighted by atomic mass is 35.5. The molecule has 1 amide bonds. The van der Waals surface area contributed by atoms with Gasteiger partial charge in [0.1, 0.15) is 11.4 Å². The molecule has 0 saturated heterocycles. The van der Waals surface area contributed by atoms with Crippen LogP contribution in [0.4, 0.5) is 4.39 Å². The number of benzene rings is 2. The minimum absolute atomic E-state index is 0.00750. The van der Waals surface area contributed by atoms with Crippen molar-refractivity contribution < 1.29 is 23.2 Å². The second-order valence-electron chi connectivity index (χ2n) is 9.01. The molecule has 1 aromatic heterocycles. The van der Waals surface area contributed by atoms with Crippen molar-refractivity contribution in [1.82, 2.24) is 10.3 Å². The van der Waals surface area contributed by atoms with Crippen molar-refractivity contribution in [1.29, 1.82) is 0 Å². The Bertz CT molecular complexity index is 1300. The number of hydrogen-bond acceptors (Lipinski definition) is 4. The van der Waals surface area contributed by atoms with E-state index in [0.717, 1.165) is 5.56 Å². The minimum Gasteiger partial charge on any atom is -0.358 e. The van der Waals surface area contributed by atoms with Crippen LogP contribution in [-0.4, -0.2) is 27.5 Å². The first-order valence-electron chi connectivity index (χ1n) is 10.7. The number of hydrogen-bond donors (Lipinski definition) is 3. The summed E-state index contributed by atoms with van der Waals surface area (Å²) >= 11 is 5.86. The summed E-state index contributed by atoms with van der Waals surface area (Å²) in [5.74, 6) is -1.24. The lowest BCUT2D eigenvalue weighted by Crippen LogP contribution is -2.28. The molecule has 0 spiro atoms. The van der Waals surface area contributed by atoms with Gasteiger partial charge in [-0.1, -0.05) is 23.7 Å². The molecule has 1 unspecified atom stereocenters. The number of H-pyrrole nitrogens is 1. The fourth-order valence-corrected chi connectivity index (χ4v) is 5.12. The number of aryl methyl sites for hydroxylation is 1. The minimum atomic E-state index is -3.80. The zero-order chi connectivity index (χ0) is 25.1. The third-order valence-electron chi connectivity index (χ3n) is 4.93. The molecular weight excluding hydrogens is 482 g/mol. The summed E-state index contributed by atoms with van der Waals surface area (Å²) in [6, 6.07) is 9.67. The third kappa shape index (κ3) is 7.00. The molecule has 182 valence electrons. The second-order valence-corrected chi connectivity index (χ2v) is 11.4. The van der Waals surface area contributed by atoms with E-state index in [1.807, 2.05) is 0 Å². The van der Waals surface area contributed by atoms with E-state index in [1.165, 1.54) is 18.3 Å². The molecule has 0 aliphatic rings. The number of halogens is 2. The van der Waals surface area contributed by atoms with Gasteiger partial charge in [0, 0.05) is 23.2 Å². The van der Waals surface area contributed by atoms with E-state index in [9.17, 15) is 23.4 Å². The molecule has 2 aromatic carbocycles. The normalized spacial score (nSPS) is 13.6. The zero-order valence-corrected chi connectivity index (χ0v) is 20.8. The van der Waals surface area contributed by atoms with Gasteiger partial charge in [-0.3, -0.25) is 14.2 Å². The van der Waals surface area contributed by atoms with Crippen molar-refractivity contribution in [3.63, 3.8) is 0 Å². The highest BCUT2D eigenvalue weighted by Gasteiger charge is 2.26. The lowest BCUT2D eigenvalue weighted by atomic mass is 10.0. The summed E-state index contributed by atoms with van der Waals surface area (Å²) in [6.07, 6.45) is 1.61. The summed E-state index contributed by atoms with van der Waals surface area (Å²) in [7, 11) is -3.80. The number of amides is 1. The van der Waals surface area contributed by atoms with Gasteiger partial charge in [-0.25, -0.2) is 4.39 Å². The number of aromatic amines is 1. The number of pyridine rings is 1. The van der Waals surface area contributed by atoms with Crippen molar-refractivity contribution in [2.45, 2.75) is 45.8 Å². The second kappa shape index (κ2) is 10.4. The molecule has 0 bridgehead atoms. The Balaban J connectivity index is 1.76. The topological polar surface area (TPSA) is 108 Å². The Morgan fingerprint density at radius 3 is 2.53 bits per heavy atom. The average Bonchev–Trinajstić information content (AvgIpc) is 2.72. The van der Waals surface area contributed by atoms with E-state index in [0.29, 0.717) is 10.6 Å². The van der Waals surface area contributed by atoms with Gasteiger partial charge in [0.05, 0.1) is 17.3 Å². The molecule has 3 N–H and O–H groups in total. The highest BCUT2D eigenvalue weighted by Crippen LogP contribution is 2.46. The van der Waals surface area contributed by atoms with Crippen molar-refractivity contribution in [3.05, 3.63) is 80.3 Å². The summed E-state index contributed by atoms with van der Waals surface area (Å²) in [5.41, 5.74) is -0.239. The fraction of sp³-hybridized carbons (Fsp3) is 0.333. The summed E-state index contributed by atoms with van der Waals surface area (Å²) in [6.45, 7) is 5.25. The smallest absolute Gasteiger partial charge is 0.328 e. The largest absolute Gasteiger partial charge is 0.358 e. The lowest BCUT2D eigenvalue weighted by molar-refractivity contribution is 0.0949. The Labute approximate surface area is 201 Å². The summed E-state index contributed by atoms with van der Waals surface area (Å²) in [5, 5.41) is 3.28. The van der Waals surface area contributed by atoms with Gasteiger partial charge in [-0.05, 0) is 69.0 Å². The predicted molar refractivity (Wildman–Crippen MR) is 131 cm³/mol. The molecule has 0 aliphatic heterocycles. The van der Waals surface area contributed by atoms with Gasteiger partial charge < -0.3 is 19.7 Å². The number of carbonyl (C=O) groups excluding carboxylic acids is 1. The summed E-state index contributed by atoms with van der Waals surface area (Å²) in [4.78, 5) is 38.2. The Morgan fingerprint density at radius 1 is 1.21 bits per heavy atom. The monoisotopic (exact) mass is 508 g/mol. The van der Waals surface area contributed by atoms with Crippen LogP contribution in [0.1, 0.15) is 48.7 Å². The van der Waals surface area contributed by atoms with Crippen molar-refractivity contribution in [3.8, 4) is 0 Å². The number of fused-ring (bicyclic) bond motifs is 1. The molecule has 3 aromatic rings. The molecule has 0 radical (unpaired) electrons. The molecule has 1 heterocycles. The standard InChI is InChI=1S/C24H27ClFN2O5P/c1-24(2,3)33-34(31,32)10-4-5-16-11-18-21(20(26)12-16)27-14-19(22(18)29)23(30)28-13-15-6-8-17(25)9-7-15/h6-9,11-12,14H,4-5,10,13H2,1-3H3,(H,27,29)(H,28,30)(H,31,32). The van der Waals surface area contributed by atoms with Gasteiger partial charge in [0.2, 0.25) is 5.43 Å². The Morgan fingerprint density at radius 2 is 1.88 bits per heavy atom. The van der Waals surface area contributed by atoms with Gasteiger partial charge in [0.25, 0.3) is 5.91 Å². The van der Waals surface area contributed by atoms with E-state index in [1.54, 1.807) is 45.0 Å². The fourth-order valence-electron chi connectivity index (χ4n) is 3.49. The van der Waals surface area contributed by atoms with Crippen LogP contribution in [0.3, 0.4) is 0 Å². The van der Waals surface area contributed by atoms with Crippen LogP contribution >= 0.6 is 19.2 Å². The number of nitrogens with one attached hydrogen (secondary N) is 2. The Hall–Kier alpha value is -2.51. The van der Waals surface area contributed by atoms with Crippen LogP contribution in [0.25, 0.3) is 10.9 Å². The van der Waals surface area contributed by atoms with Gasteiger partial charge in [0.15, 0.2) is 0 Å². The average molecular weight is 509 g/mol. The molecule has 0 saturated carbocycles. The first-order valence-corrected chi connectivity index (χ1v) is 12.9. The van der Waals surface area contributed by atoms with Crippen molar-refractivity contribution >= 4 is 36.0 Å². The molecule has 7 nitrogen and oxygen atoms in total. The van der Waals surface area contributed by atoms with Gasteiger partial charge in [-0.15, -0.1) is 0 Å². The van der Waals surface area contributed by atoms with E-state index in [-0.39, 0.29) is 42.0 Å². The van der Waals surface area contributed by atoms with Gasteiger partial charge >= 0.3 is 7.60 Å². The van der Waals surface area contributed by atoms with Crippen LogP contribution in [0.5, 0.6) is 0 Å². The molecule has 3 rings (SSSR count). The zero-order valence-electron chi connectivity index (χ0n) is 19.2. The molecule has 0 aliphatic carbocycles. The molecular formula is C24H27ClFN2O5P.